The summed E-state index contributed by atoms with van der Waals surface area (Å²) in [5.41, 5.74) is 2.86. The SMILES string of the molecule is C=CCOc1cccc(/C=C(\Cl)c2nnc(-c3cccc(C)c3)o2)c1. The lowest BCUT2D eigenvalue weighted by Crippen LogP contribution is -1.92. The first-order chi connectivity index (χ1) is 12.2. The third-order valence-electron chi connectivity index (χ3n) is 3.41. The Morgan fingerprint density at radius 3 is 2.84 bits per heavy atom. The fraction of sp³-hybridized carbons (Fsp3) is 0.100. The lowest BCUT2D eigenvalue weighted by molar-refractivity contribution is 0.363. The number of rotatable bonds is 6. The quantitative estimate of drug-likeness (QED) is 0.561. The Labute approximate surface area is 151 Å². The summed E-state index contributed by atoms with van der Waals surface area (Å²) in [5.74, 6) is 1.45. The van der Waals surface area contributed by atoms with Crippen molar-refractivity contribution in [3.05, 3.63) is 78.2 Å². The van der Waals surface area contributed by atoms with Crippen LogP contribution in [0.2, 0.25) is 0 Å². The van der Waals surface area contributed by atoms with E-state index >= 15 is 0 Å². The molecule has 0 spiro atoms. The third kappa shape index (κ3) is 4.37. The Kier molecular flexibility index (Phi) is 5.31. The van der Waals surface area contributed by atoms with E-state index in [2.05, 4.69) is 16.8 Å². The molecule has 0 bridgehead atoms. The molecule has 3 rings (SSSR count). The van der Waals surface area contributed by atoms with Crippen LogP contribution in [-0.2, 0) is 0 Å². The van der Waals surface area contributed by atoms with Crippen LogP contribution >= 0.6 is 11.6 Å². The molecular weight excluding hydrogens is 336 g/mol. The standard InChI is InChI=1S/C20H17ClN2O2/c1-3-10-24-17-9-5-7-15(12-17)13-18(21)20-23-22-19(25-20)16-8-4-6-14(2)11-16/h3-9,11-13H,1,10H2,2H3/b18-13-. The number of benzene rings is 2. The van der Waals surface area contributed by atoms with Gasteiger partial charge in [-0.15, -0.1) is 10.2 Å². The molecule has 5 heteroatoms. The molecule has 1 heterocycles. The molecule has 0 unspecified atom stereocenters. The number of hydrogen-bond donors (Lipinski definition) is 0. The molecule has 0 fully saturated rings. The van der Waals surface area contributed by atoms with Crippen LogP contribution in [0.5, 0.6) is 5.75 Å². The van der Waals surface area contributed by atoms with Gasteiger partial charge in [-0.1, -0.05) is 54.1 Å². The summed E-state index contributed by atoms with van der Waals surface area (Å²) in [6.07, 6.45) is 3.45. The zero-order valence-electron chi connectivity index (χ0n) is 13.8. The molecule has 2 aromatic carbocycles. The second-order valence-corrected chi connectivity index (χ2v) is 5.85. The Hall–Kier alpha value is -2.85. The summed E-state index contributed by atoms with van der Waals surface area (Å²) < 4.78 is 11.2. The highest BCUT2D eigenvalue weighted by Crippen LogP contribution is 2.26. The van der Waals surface area contributed by atoms with Crippen LogP contribution in [0.25, 0.3) is 22.6 Å². The molecule has 0 N–H and O–H groups in total. The van der Waals surface area contributed by atoms with Gasteiger partial charge in [-0.25, -0.2) is 0 Å². The first-order valence-corrected chi connectivity index (χ1v) is 8.15. The fourth-order valence-corrected chi connectivity index (χ4v) is 2.47. The van der Waals surface area contributed by atoms with Gasteiger partial charge in [-0.05, 0) is 42.8 Å². The minimum Gasteiger partial charge on any atom is -0.490 e. The summed E-state index contributed by atoms with van der Waals surface area (Å²) in [6.45, 7) is 6.09. The molecule has 0 saturated heterocycles. The van der Waals surface area contributed by atoms with E-state index in [1.165, 1.54) is 0 Å². The van der Waals surface area contributed by atoms with Crippen molar-refractivity contribution in [1.29, 1.82) is 0 Å². The number of nitrogens with zero attached hydrogens (tertiary/aromatic N) is 2. The number of aromatic nitrogens is 2. The minimum absolute atomic E-state index is 0.274. The first kappa shape index (κ1) is 17.0. The molecule has 0 amide bonds. The van der Waals surface area contributed by atoms with Crippen LogP contribution in [0.4, 0.5) is 0 Å². The average Bonchev–Trinajstić information content (AvgIpc) is 3.11. The van der Waals surface area contributed by atoms with E-state index < -0.39 is 0 Å². The molecule has 126 valence electrons. The summed E-state index contributed by atoms with van der Waals surface area (Å²) in [5, 5.41) is 8.47. The van der Waals surface area contributed by atoms with Crippen molar-refractivity contribution in [3.63, 3.8) is 0 Å². The highest BCUT2D eigenvalue weighted by molar-refractivity contribution is 6.50. The maximum Gasteiger partial charge on any atom is 0.259 e. The van der Waals surface area contributed by atoms with Gasteiger partial charge in [0, 0.05) is 5.56 Å². The van der Waals surface area contributed by atoms with E-state index in [0.717, 1.165) is 22.4 Å². The van der Waals surface area contributed by atoms with Gasteiger partial charge in [0.2, 0.25) is 5.89 Å². The molecular formula is C20H17ClN2O2. The van der Waals surface area contributed by atoms with Gasteiger partial charge in [0.05, 0.1) is 0 Å². The van der Waals surface area contributed by atoms with E-state index in [4.69, 9.17) is 20.8 Å². The number of halogens is 1. The predicted molar refractivity (Wildman–Crippen MR) is 100 cm³/mol. The molecule has 0 atom stereocenters. The lowest BCUT2D eigenvalue weighted by Gasteiger charge is -2.03. The maximum atomic E-state index is 6.34. The second kappa shape index (κ2) is 7.81. The van der Waals surface area contributed by atoms with Crippen molar-refractivity contribution in [3.8, 4) is 17.2 Å². The second-order valence-electron chi connectivity index (χ2n) is 5.45. The van der Waals surface area contributed by atoms with Gasteiger partial charge in [0.1, 0.15) is 17.4 Å². The average molecular weight is 353 g/mol. The first-order valence-electron chi connectivity index (χ1n) is 7.77. The van der Waals surface area contributed by atoms with Crippen LogP contribution in [-0.4, -0.2) is 16.8 Å². The molecule has 4 nitrogen and oxygen atoms in total. The molecule has 0 saturated carbocycles. The zero-order chi connectivity index (χ0) is 17.6. The van der Waals surface area contributed by atoms with E-state index in [0.29, 0.717) is 17.5 Å². The maximum absolute atomic E-state index is 6.34. The minimum atomic E-state index is 0.274. The van der Waals surface area contributed by atoms with E-state index in [-0.39, 0.29) is 5.89 Å². The van der Waals surface area contributed by atoms with Crippen LogP contribution in [0.1, 0.15) is 17.0 Å². The van der Waals surface area contributed by atoms with Gasteiger partial charge >= 0.3 is 0 Å². The van der Waals surface area contributed by atoms with Crippen LogP contribution in [0, 0.1) is 6.92 Å². The molecule has 0 radical (unpaired) electrons. The van der Waals surface area contributed by atoms with E-state index in [1.807, 2.05) is 55.5 Å². The summed E-state index contributed by atoms with van der Waals surface area (Å²) in [7, 11) is 0. The summed E-state index contributed by atoms with van der Waals surface area (Å²) >= 11 is 6.34. The highest BCUT2D eigenvalue weighted by Gasteiger charge is 2.11. The van der Waals surface area contributed by atoms with Crippen molar-refractivity contribution in [1.82, 2.24) is 10.2 Å². The topological polar surface area (TPSA) is 48.2 Å². The van der Waals surface area contributed by atoms with Crippen LogP contribution in [0.3, 0.4) is 0 Å². The fourth-order valence-electron chi connectivity index (χ4n) is 2.27. The molecule has 25 heavy (non-hydrogen) atoms. The van der Waals surface area contributed by atoms with Gasteiger partial charge < -0.3 is 9.15 Å². The Morgan fingerprint density at radius 2 is 2.04 bits per heavy atom. The number of aryl methyl sites for hydroxylation is 1. The van der Waals surface area contributed by atoms with E-state index in [1.54, 1.807) is 12.2 Å². The third-order valence-corrected chi connectivity index (χ3v) is 3.68. The zero-order valence-corrected chi connectivity index (χ0v) is 14.5. The van der Waals surface area contributed by atoms with Gasteiger partial charge in [0.25, 0.3) is 5.89 Å². The Balaban J connectivity index is 1.82. The normalized spacial score (nSPS) is 11.4. The van der Waals surface area contributed by atoms with Crippen molar-refractivity contribution < 1.29 is 9.15 Å². The predicted octanol–water partition coefficient (Wildman–Crippen LogP) is 5.35. The van der Waals surface area contributed by atoms with Crippen molar-refractivity contribution >= 4 is 22.7 Å². The molecule has 3 aromatic rings. The Bertz CT molecular complexity index is 915. The largest absolute Gasteiger partial charge is 0.490 e. The van der Waals surface area contributed by atoms with Gasteiger partial charge in [-0.2, -0.15) is 0 Å². The Morgan fingerprint density at radius 1 is 1.20 bits per heavy atom. The molecule has 0 aliphatic heterocycles. The summed E-state index contributed by atoms with van der Waals surface area (Å²) in [6, 6.07) is 15.4. The molecule has 0 aliphatic rings. The van der Waals surface area contributed by atoms with Crippen molar-refractivity contribution in [2.75, 3.05) is 6.61 Å². The van der Waals surface area contributed by atoms with Crippen molar-refractivity contribution in [2.45, 2.75) is 6.92 Å². The van der Waals surface area contributed by atoms with Crippen LogP contribution < -0.4 is 4.74 Å². The monoisotopic (exact) mass is 352 g/mol. The highest BCUT2D eigenvalue weighted by atomic mass is 35.5. The number of hydrogen-bond acceptors (Lipinski definition) is 4. The molecule has 0 aliphatic carbocycles. The smallest absolute Gasteiger partial charge is 0.259 e. The summed E-state index contributed by atoms with van der Waals surface area (Å²) in [4.78, 5) is 0. The lowest BCUT2D eigenvalue weighted by atomic mass is 10.1. The van der Waals surface area contributed by atoms with Gasteiger partial charge in [-0.3, -0.25) is 0 Å². The molecule has 1 aromatic heterocycles. The van der Waals surface area contributed by atoms with Gasteiger partial charge in [0.15, 0.2) is 0 Å². The van der Waals surface area contributed by atoms with Crippen molar-refractivity contribution in [2.24, 2.45) is 0 Å². The van der Waals surface area contributed by atoms with E-state index in [9.17, 15) is 0 Å². The number of ether oxygens (including phenoxy) is 1. The van der Waals surface area contributed by atoms with Crippen LogP contribution in [0.15, 0.2) is 65.6 Å².